The average molecular weight is 440 g/mol. The van der Waals surface area contributed by atoms with Crippen LogP contribution in [-0.2, 0) is 28.3 Å². The fraction of sp³-hybridized carbons (Fsp3) is 0.375. The van der Waals surface area contributed by atoms with E-state index in [2.05, 4.69) is 17.4 Å². The fourth-order valence-corrected chi connectivity index (χ4v) is 5.80. The minimum atomic E-state index is -3.63. The molecule has 0 saturated carbocycles. The van der Waals surface area contributed by atoms with Crippen molar-refractivity contribution in [1.82, 2.24) is 14.2 Å². The van der Waals surface area contributed by atoms with Crippen molar-refractivity contribution in [3.63, 3.8) is 0 Å². The van der Waals surface area contributed by atoms with Crippen LogP contribution in [-0.4, -0.2) is 42.8 Å². The van der Waals surface area contributed by atoms with Gasteiger partial charge in [0.15, 0.2) is 0 Å². The molecule has 1 atom stereocenters. The van der Waals surface area contributed by atoms with Crippen molar-refractivity contribution in [2.45, 2.75) is 30.6 Å². The van der Waals surface area contributed by atoms with Crippen LogP contribution in [0, 0.1) is 5.92 Å². The number of hydrogen-bond donors (Lipinski definition) is 1. The monoisotopic (exact) mass is 439 g/mol. The molecule has 2 heterocycles. The number of fused-ring (bicyclic) bond motifs is 1. The number of rotatable bonds is 7. The number of hydrogen-bond acceptors (Lipinski definition) is 3. The van der Waals surface area contributed by atoms with Crippen molar-refractivity contribution in [3.8, 4) is 0 Å². The van der Waals surface area contributed by atoms with Crippen LogP contribution in [0.5, 0.6) is 0 Å². The summed E-state index contributed by atoms with van der Waals surface area (Å²) in [5, 5.41) is 3.89. The van der Waals surface area contributed by atoms with Crippen LogP contribution in [0.25, 0.3) is 10.9 Å². The highest BCUT2D eigenvalue weighted by Gasteiger charge is 2.33. The Labute approximate surface area is 183 Å². The van der Waals surface area contributed by atoms with Crippen LogP contribution in [0.15, 0.2) is 65.7 Å². The second-order valence-electron chi connectivity index (χ2n) is 8.23. The summed E-state index contributed by atoms with van der Waals surface area (Å²) in [6.45, 7) is 1.29. The molecule has 1 amide bonds. The van der Waals surface area contributed by atoms with E-state index in [0.29, 0.717) is 25.9 Å². The Bertz CT molecular complexity index is 1160. The van der Waals surface area contributed by atoms with E-state index < -0.39 is 10.0 Å². The van der Waals surface area contributed by atoms with Crippen molar-refractivity contribution in [2.75, 3.05) is 19.6 Å². The van der Waals surface area contributed by atoms with Gasteiger partial charge in [-0.2, -0.15) is 4.31 Å². The fourth-order valence-electron chi connectivity index (χ4n) is 4.24. The third kappa shape index (κ3) is 4.83. The minimum Gasteiger partial charge on any atom is -0.356 e. The first-order valence-electron chi connectivity index (χ1n) is 10.8. The number of nitrogens with one attached hydrogen (secondary N) is 1. The zero-order valence-electron chi connectivity index (χ0n) is 17.8. The lowest BCUT2D eigenvalue weighted by atomic mass is 9.99. The maximum atomic E-state index is 13.2. The molecular weight excluding hydrogens is 410 g/mol. The molecule has 1 aliphatic heterocycles. The molecule has 164 valence electrons. The molecule has 1 aromatic heterocycles. The van der Waals surface area contributed by atoms with Gasteiger partial charge in [0, 0.05) is 43.8 Å². The highest BCUT2D eigenvalue weighted by Crippen LogP contribution is 2.26. The molecule has 7 heteroatoms. The number of amides is 1. The zero-order chi connectivity index (χ0) is 21.8. The highest BCUT2D eigenvalue weighted by atomic mass is 32.2. The Kier molecular flexibility index (Phi) is 6.43. The number of aromatic nitrogens is 1. The molecule has 6 nitrogen and oxygen atoms in total. The van der Waals surface area contributed by atoms with Gasteiger partial charge in [-0.05, 0) is 55.5 Å². The first kappa shape index (κ1) is 21.6. The Morgan fingerprint density at radius 1 is 1.13 bits per heavy atom. The van der Waals surface area contributed by atoms with Gasteiger partial charge < -0.3 is 9.88 Å². The molecular formula is C24H29N3O3S. The van der Waals surface area contributed by atoms with Gasteiger partial charge in [-0.15, -0.1) is 0 Å². The van der Waals surface area contributed by atoms with E-state index in [4.69, 9.17) is 0 Å². The minimum absolute atomic E-state index is 0.0496. The molecule has 0 aliphatic carbocycles. The van der Waals surface area contributed by atoms with Gasteiger partial charge >= 0.3 is 0 Å². The number of sulfonamides is 1. The molecule has 0 spiro atoms. The van der Waals surface area contributed by atoms with Crippen molar-refractivity contribution >= 4 is 26.8 Å². The first-order valence-corrected chi connectivity index (χ1v) is 12.3. The predicted octanol–water partition coefficient (Wildman–Crippen LogP) is 3.33. The van der Waals surface area contributed by atoms with Crippen LogP contribution in [0.3, 0.4) is 0 Å². The molecule has 1 N–H and O–H groups in total. The second-order valence-corrected chi connectivity index (χ2v) is 10.2. The maximum Gasteiger partial charge on any atom is 0.243 e. The average Bonchev–Trinajstić information content (AvgIpc) is 3.17. The van der Waals surface area contributed by atoms with Crippen molar-refractivity contribution < 1.29 is 13.2 Å². The second kappa shape index (κ2) is 9.24. The van der Waals surface area contributed by atoms with Gasteiger partial charge in [0.2, 0.25) is 15.9 Å². The summed E-state index contributed by atoms with van der Waals surface area (Å²) < 4.78 is 29.9. The standard InChI is InChI=1S/C24H29N3O3S/c1-26-16-13-20-17-22(11-12-23(20)26)31(29,30)27-15-6-10-21(18-27)24(28)25-14-5-9-19-7-3-2-4-8-19/h2-4,7-8,11-13,16-17,21H,5-6,9-10,14-15,18H2,1H3,(H,25,28)/t21-/m0/s1. The Morgan fingerprint density at radius 2 is 1.94 bits per heavy atom. The molecule has 4 rings (SSSR count). The van der Waals surface area contributed by atoms with E-state index in [1.165, 1.54) is 9.87 Å². The lowest BCUT2D eigenvalue weighted by Crippen LogP contribution is -2.45. The Balaban J connectivity index is 1.35. The third-order valence-corrected chi connectivity index (χ3v) is 7.89. The van der Waals surface area contributed by atoms with Gasteiger partial charge in [-0.3, -0.25) is 4.79 Å². The lowest BCUT2D eigenvalue weighted by molar-refractivity contribution is -0.126. The first-order chi connectivity index (χ1) is 14.9. The van der Waals surface area contributed by atoms with Crippen molar-refractivity contribution in [1.29, 1.82) is 0 Å². The summed E-state index contributed by atoms with van der Waals surface area (Å²) in [5.74, 6) is -0.354. The molecule has 1 fully saturated rings. The molecule has 3 aromatic rings. The largest absolute Gasteiger partial charge is 0.356 e. The number of piperidine rings is 1. The normalized spacial score (nSPS) is 17.6. The van der Waals surface area contributed by atoms with E-state index in [1.807, 2.05) is 48.1 Å². The molecule has 0 radical (unpaired) electrons. The van der Waals surface area contributed by atoms with Crippen LogP contribution >= 0.6 is 0 Å². The summed E-state index contributed by atoms with van der Waals surface area (Å²) in [5.41, 5.74) is 2.24. The topological polar surface area (TPSA) is 71.4 Å². The zero-order valence-corrected chi connectivity index (χ0v) is 18.6. The van der Waals surface area contributed by atoms with Crippen LogP contribution in [0.1, 0.15) is 24.8 Å². The van der Waals surface area contributed by atoms with Gasteiger partial charge in [-0.1, -0.05) is 30.3 Å². The lowest BCUT2D eigenvalue weighted by Gasteiger charge is -2.31. The van der Waals surface area contributed by atoms with Gasteiger partial charge in [0.25, 0.3) is 0 Å². The summed E-state index contributed by atoms with van der Waals surface area (Å²) >= 11 is 0. The number of nitrogens with zero attached hydrogens (tertiary/aromatic N) is 2. The van der Waals surface area contributed by atoms with Crippen molar-refractivity contribution in [3.05, 3.63) is 66.4 Å². The maximum absolute atomic E-state index is 13.2. The van der Waals surface area contributed by atoms with E-state index in [0.717, 1.165) is 23.7 Å². The molecule has 31 heavy (non-hydrogen) atoms. The Morgan fingerprint density at radius 3 is 2.74 bits per heavy atom. The van der Waals surface area contributed by atoms with Gasteiger partial charge in [0.1, 0.15) is 0 Å². The smallest absolute Gasteiger partial charge is 0.243 e. The summed E-state index contributed by atoms with van der Waals surface area (Å²) in [6, 6.07) is 17.3. The molecule has 2 aromatic carbocycles. The molecule has 0 unspecified atom stereocenters. The van der Waals surface area contributed by atoms with E-state index in [1.54, 1.807) is 12.1 Å². The predicted molar refractivity (Wildman–Crippen MR) is 122 cm³/mol. The number of carbonyl (C=O) groups excluding carboxylic acids is 1. The summed E-state index contributed by atoms with van der Waals surface area (Å²) in [6.07, 6.45) is 5.10. The quantitative estimate of drug-likeness (QED) is 0.574. The van der Waals surface area contributed by atoms with Crippen LogP contribution < -0.4 is 5.32 Å². The number of benzene rings is 2. The third-order valence-electron chi connectivity index (χ3n) is 6.03. The van der Waals surface area contributed by atoms with Gasteiger partial charge in [-0.25, -0.2) is 8.42 Å². The number of aryl methyl sites for hydroxylation is 2. The molecule has 1 aliphatic rings. The molecule has 0 bridgehead atoms. The highest BCUT2D eigenvalue weighted by molar-refractivity contribution is 7.89. The van der Waals surface area contributed by atoms with E-state index in [9.17, 15) is 13.2 Å². The summed E-state index contributed by atoms with van der Waals surface area (Å²) in [7, 11) is -1.69. The van der Waals surface area contributed by atoms with Crippen LogP contribution in [0.2, 0.25) is 0 Å². The van der Waals surface area contributed by atoms with Gasteiger partial charge in [0.05, 0.1) is 10.8 Å². The molecule has 1 saturated heterocycles. The van der Waals surface area contributed by atoms with Crippen molar-refractivity contribution in [2.24, 2.45) is 13.0 Å². The summed E-state index contributed by atoms with van der Waals surface area (Å²) in [4.78, 5) is 12.9. The Hall–Kier alpha value is -2.64. The van der Waals surface area contributed by atoms with Crippen LogP contribution in [0.4, 0.5) is 0 Å². The SMILES string of the molecule is Cn1ccc2cc(S(=O)(=O)N3CCC[C@H](C(=O)NCCCc4ccccc4)C3)ccc21. The number of carbonyl (C=O) groups is 1. The van der Waals surface area contributed by atoms with E-state index in [-0.39, 0.29) is 23.3 Å². The van der Waals surface area contributed by atoms with E-state index >= 15 is 0 Å².